The zero-order valence-corrected chi connectivity index (χ0v) is 16.1. The van der Waals surface area contributed by atoms with E-state index in [-0.39, 0.29) is 11.7 Å². The first-order chi connectivity index (χ1) is 14.1. The molecule has 2 heterocycles. The Balaban J connectivity index is 1.42. The van der Waals surface area contributed by atoms with Gasteiger partial charge in [0.2, 0.25) is 11.7 Å². The first-order valence-electron chi connectivity index (χ1n) is 8.80. The molecule has 7 nitrogen and oxygen atoms in total. The Kier molecular flexibility index (Phi) is 5.31. The van der Waals surface area contributed by atoms with Crippen LogP contribution in [0.15, 0.2) is 75.9 Å². The minimum Gasteiger partial charge on any atom is -0.459 e. The van der Waals surface area contributed by atoms with E-state index in [9.17, 15) is 4.79 Å². The van der Waals surface area contributed by atoms with E-state index in [0.29, 0.717) is 28.2 Å². The van der Waals surface area contributed by atoms with Gasteiger partial charge in [0, 0.05) is 10.6 Å². The Labute approximate surface area is 171 Å². The summed E-state index contributed by atoms with van der Waals surface area (Å²) >= 11 is 5.87. The molecule has 1 unspecified atom stereocenters. The van der Waals surface area contributed by atoms with Gasteiger partial charge in [-0.1, -0.05) is 16.8 Å². The Morgan fingerprint density at radius 2 is 1.76 bits per heavy atom. The molecule has 146 valence electrons. The lowest BCUT2D eigenvalue weighted by molar-refractivity contribution is 0.0904. The maximum atomic E-state index is 12.1. The van der Waals surface area contributed by atoms with E-state index in [0.717, 1.165) is 5.56 Å². The van der Waals surface area contributed by atoms with Crippen LogP contribution in [0.4, 0.5) is 0 Å². The fraction of sp³-hybridized carbons (Fsp3) is 0.0952. The Bertz CT molecular complexity index is 1090. The third-order valence-electron chi connectivity index (χ3n) is 4.07. The second-order valence-corrected chi connectivity index (χ2v) is 6.65. The number of ether oxygens (including phenoxy) is 1. The Morgan fingerprint density at radius 1 is 1.07 bits per heavy atom. The summed E-state index contributed by atoms with van der Waals surface area (Å²) < 4.78 is 16.1. The molecule has 1 N–H and O–H groups in total. The van der Waals surface area contributed by atoms with Gasteiger partial charge in [0.25, 0.3) is 5.91 Å². The molecule has 0 fully saturated rings. The van der Waals surface area contributed by atoms with E-state index in [1.807, 2.05) is 24.3 Å². The molecular formula is C21H16ClN3O4. The molecule has 1 amide bonds. The average Bonchev–Trinajstić information content (AvgIpc) is 3.43. The predicted molar refractivity (Wildman–Crippen MR) is 106 cm³/mol. The number of furan rings is 1. The van der Waals surface area contributed by atoms with E-state index in [2.05, 4.69) is 15.5 Å². The molecule has 0 aliphatic rings. The van der Waals surface area contributed by atoms with Crippen molar-refractivity contribution in [3.05, 3.63) is 83.6 Å². The van der Waals surface area contributed by atoms with Crippen LogP contribution in [-0.4, -0.2) is 16.0 Å². The van der Waals surface area contributed by atoms with E-state index < -0.39 is 6.04 Å². The molecule has 0 radical (unpaired) electrons. The third kappa shape index (κ3) is 4.47. The maximum Gasteiger partial charge on any atom is 0.287 e. The van der Waals surface area contributed by atoms with Crippen LogP contribution in [0, 0.1) is 0 Å². The number of rotatable bonds is 6. The normalized spacial score (nSPS) is 11.8. The number of benzene rings is 2. The van der Waals surface area contributed by atoms with Gasteiger partial charge >= 0.3 is 0 Å². The molecule has 2 aromatic carbocycles. The van der Waals surface area contributed by atoms with Crippen molar-refractivity contribution < 1.29 is 18.5 Å². The number of nitrogens with zero attached hydrogens (tertiary/aromatic N) is 2. The lowest BCUT2D eigenvalue weighted by Crippen LogP contribution is -2.26. The Morgan fingerprint density at radius 3 is 2.41 bits per heavy atom. The van der Waals surface area contributed by atoms with Crippen LogP contribution in [0.1, 0.15) is 29.4 Å². The first-order valence-corrected chi connectivity index (χ1v) is 9.18. The highest BCUT2D eigenvalue weighted by Gasteiger charge is 2.19. The topological polar surface area (TPSA) is 90.4 Å². The zero-order chi connectivity index (χ0) is 20.2. The third-order valence-corrected chi connectivity index (χ3v) is 4.32. The van der Waals surface area contributed by atoms with Crippen molar-refractivity contribution in [1.82, 2.24) is 15.5 Å². The number of hydrogen-bond acceptors (Lipinski definition) is 6. The highest BCUT2D eigenvalue weighted by molar-refractivity contribution is 6.30. The van der Waals surface area contributed by atoms with Gasteiger partial charge in [-0.3, -0.25) is 4.79 Å². The maximum absolute atomic E-state index is 12.1. The van der Waals surface area contributed by atoms with Crippen LogP contribution < -0.4 is 10.1 Å². The van der Waals surface area contributed by atoms with Crippen molar-refractivity contribution in [2.45, 2.75) is 13.0 Å². The molecule has 0 aliphatic carbocycles. The van der Waals surface area contributed by atoms with Crippen LogP contribution >= 0.6 is 11.6 Å². The van der Waals surface area contributed by atoms with Gasteiger partial charge in [-0.25, -0.2) is 0 Å². The summed E-state index contributed by atoms with van der Waals surface area (Å²) in [6.07, 6.45) is 1.44. The fourth-order valence-corrected chi connectivity index (χ4v) is 2.70. The van der Waals surface area contributed by atoms with Gasteiger partial charge in [0.05, 0.1) is 6.26 Å². The molecule has 0 bridgehead atoms. The largest absolute Gasteiger partial charge is 0.459 e. The van der Waals surface area contributed by atoms with E-state index >= 15 is 0 Å². The zero-order valence-electron chi connectivity index (χ0n) is 15.3. The Hall–Kier alpha value is -3.58. The van der Waals surface area contributed by atoms with Crippen molar-refractivity contribution in [3.63, 3.8) is 0 Å². The number of hydrogen-bond donors (Lipinski definition) is 1. The van der Waals surface area contributed by atoms with Crippen LogP contribution in [0.3, 0.4) is 0 Å². The van der Waals surface area contributed by atoms with Gasteiger partial charge in [-0.05, 0) is 67.6 Å². The summed E-state index contributed by atoms with van der Waals surface area (Å²) in [5.74, 6) is 1.92. The number of carbonyl (C=O) groups excluding carboxylic acids is 1. The molecule has 4 rings (SSSR count). The minimum absolute atomic E-state index is 0.216. The highest BCUT2D eigenvalue weighted by atomic mass is 35.5. The molecule has 1 atom stereocenters. The lowest BCUT2D eigenvalue weighted by atomic mass is 10.2. The average molecular weight is 410 g/mol. The van der Waals surface area contributed by atoms with E-state index in [1.54, 1.807) is 43.3 Å². The number of nitrogens with one attached hydrogen (secondary N) is 1. The second-order valence-electron chi connectivity index (χ2n) is 6.21. The first kappa shape index (κ1) is 18.8. The van der Waals surface area contributed by atoms with Gasteiger partial charge in [-0.15, -0.1) is 0 Å². The van der Waals surface area contributed by atoms with Gasteiger partial charge in [-0.2, -0.15) is 4.98 Å². The van der Waals surface area contributed by atoms with Crippen molar-refractivity contribution in [1.29, 1.82) is 0 Å². The standard InChI is InChI=1S/C21H16ClN3O4/c1-13(23-20(26)18-3-2-12-27-18)21-24-19(25-29-21)14-4-8-16(9-5-14)28-17-10-6-15(22)7-11-17/h2-13H,1H3,(H,23,26). The molecule has 2 aromatic heterocycles. The quantitative estimate of drug-likeness (QED) is 0.466. The molecule has 4 aromatic rings. The summed E-state index contributed by atoms with van der Waals surface area (Å²) in [6.45, 7) is 1.75. The van der Waals surface area contributed by atoms with Crippen molar-refractivity contribution in [3.8, 4) is 22.9 Å². The fourth-order valence-electron chi connectivity index (χ4n) is 2.58. The highest BCUT2D eigenvalue weighted by Crippen LogP contribution is 2.26. The SMILES string of the molecule is CC(NC(=O)c1ccco1)c1nc(-c2ccc(Oc3ccc(Cl)cc3)cc2)no1. The van der Waals surface area contributed by atoms with Crippen LogP contribution in [0.25, 0.3) is 11.4 Å². The molecule has 0 spiro atoms. The summed E-state index contributed by atoms with van der Waals surface area (Å²) in [4.78, 5) is 16.4. The molecule has 0 saturated carbocycles. The number of aromatic nitrogens is 2. The second kappa shape index (κ2) is 8.20. The van der Waals surface area contributed by atoms with E-state index in [1.165, 1.54) is 6.26 Å². The summed E-state index contributed by atoms with van der Waals surface area (Å²) in [5, 5.41) is 7.38. The lowest BCUT2D eigenvalue weighted by Gasteiger charge is -2.07. The minimum atomic E-state index is -0.471. The van der Waals surface area contributed by atoms with Gasteiger partial charge in [0.15, 0.2) is 5.76 Å². The number of halogens is 1. The van der Waals surface area contributed by atoms with E-state index in [4.69, 9.17) is 25.3 Å². The van der Waals surface area contributed by atoms with Crippen molar-refractivity contribution in [2.75, 3.05) is 0 Å². The summed E-state index contributed by atoms with van der Waals surface area (Å²) in [7, 11) is 0. The van der Waals surface area contributed by atoms with Crippen molar-refractivity contribution in [2.24, 2.45) is 0 Å². The molecule has 8 heteroatoms. The van der Waals surface area contributed by atoms with Gasteiger partial charge < -0.3 is 19.0 Å². The molecule has 29 heavy (non-hydrogen) atoms. The van der Waals surface area contributed by atoms with Crippen LogP contribution in [-0.2, 0) is 0 Å². The van der Waals surface area contributed by atoms with Crippen molar-refractivity contribution >= 4 is 17.5 Å². The van der Waals surface area contributed by atoms with Crippen LogP contribution in [0.2, 0.25) is 5.02 Å². The summed E-state index contributed by atoms with van der Waals surface area (Å²) in [5.41, 5.74) is 0.757. The molecule has 0 saturated heterocycles. The summed E-state index contributed by atoms with van der Waals surface area (Å²) in [6, 6.07) is 17.1. The van der Waals surface area contributed by atoms with Crippen LogP contribution in [0.5, 0.6) is 11.5 Å². The molecule has 0 aliphatic heterocycles. The number of amides is 1. The van der Waals surface area contributed by atoms with Gasteiger partial charge in [0.1, 0.15) is 17.5 Å². The smallest absolute Gasteiger partial charge is 0.287 e. The monoisotopic (exact) mass is 409 g/mol. The number of carbonyl (C=O) groups is 1. The molecular weight excluding hydrogens is 394 g/mol. The predicted octanol–water partition coefficient (Wildman–Crippen LogP) is 5.27.